The van der Waals surface area contributed by atoms with E-state index in [-0.39, 0.29) is 0 Å². The molecule has 0 unspecified atom stereocenters. The van der Waals surface area contributed by atoms with Gasteiger partial charge in [0, 0.05) is 51.9 Å². The molecule has 3 heterocycles. The second kappa shape index (κ2) is 8.10. The van der Waals surface area contributed by atoms with E-state index in [1.807, 2.05) is 18.2 Å². The molecule has 144 valence electrons. The van der Waals surface area contributed by atoms with Crippen molar-refractivity contribution in [1.29, 1.82) is 0 Å². The first kappa shape index (κ1) is 18.0. The van der Waals surface area contributed by atoms with Gasteiger partial charge in [-0.2, -0.15) is 0 Å². The molecule has 0 aliphatic carbocycles. The van der Waals surface area contributed by atoms with E-state index in [9.17, 15) is 5.11 Å². The van der Waals surface area contributed by atoms with Gasteiger partial charge in [0.15, 0.2) is 5.82 Å². The van der Waals surface area contributed by atoms with Crippen LogP contribution in [0.4, 0.5) is 11.5 Å². The molecule has 0 bridgehead atoms. The Morgan fingerprint density at radius 2 is 1.93 bits per heavy atom. The quantitative estimate of drug-likeness (QED) is 0.865. The number of phenolic OH excluding ortho intramolecular Hbond substituents is 1. The lowest BCUT2D eigenvalue weighted by Crippen LogP contribution is -2.47. The van der Waals surface area contributed by atoms with Gasteiger partial charge in [0.25, 0.3) is 0 Å². The van der Waals surface area contributed by atoms with Crippen LogP contribution in [0, 0.1) is 0 Å². The van der Waals surface area contributed by atoms with Gasteiger partial charge in [-0.1, -0.05) is 12.1 Å². The molecule has 1 aromatic heterocycles. The summed E-state index contributed by atoms with van der Waals surface area (Å²) in [6.45, 7) is 5.29. The molecule has 2 saturated heterocycles. The van der Waals surface area contributed by atoms with E-state index in [4.69, 9.17) is 14.5 Å². The van der Waals surface area contributed by atoms with Crippen molar-refractivity contribution in [2.45, 2.75) is 18.9 Å². The molecule has 7 nitrogen and oxygen atoms in total. The Bertz CT molecular complexity index is 772. The molecular formula is C20H26N4O3. The van der Waals surface area contributed by atoms with Gasteiger partial charge in [-0.05, 0) is 18.6 Å². The van der Waals surface area contributed by atoms with Crippen LogP contribution in [0.15, 0.2) is 30.3 Å². The van der Waals surface area contributed by atoms with Crippen molar-refractivity contribution in [1.82, 2.24) is 9.97 Å². The largest absolute Gasteiger partial charge is 0.506 e. The van der Waals surface area contributed by atoms with Crippen LogP contribution >= 0.6 is 0 Å². The Labute approximate surface area is 159 Å². The van der Waals surface area contributed by atoms with Crippen molar-refractivity contribution < 1.29 is 14.6 Å². The molecule has 0 saturated carbocycles. The zero-order valence-electron chi connectivity index (χ0n) is 15.7. The monoisotopic (exact) mass is 370 g/mol. The third-order valence-corrected chi connectivity index (χ3v) is 5.23. The van der Waals surface area contributed by atoms with Crippen LogP contribution in [-0.2, 0) is 16.1 Å². The number of anilines is 2. The van der Waals surface area contributed by atoms with Crippen LogP contribution in [-0.4, -0.2) is 61.6 Å². The summed E-state index contributed by atoms with van der Waals surface area (Å²) in [5, 5.41) is 10.1. The third kappa shape index (κ3) is 3.99. The molecule has 2 aliphatic rings. The molecular weight excluding hydrogens is 344 g/mol. The summed E-state index contributed by atoms with van der Waals surface area (Å²) < 4.78 is 10.8. The lowest BCUT2D eigenvalue weighted by molar-refractivity contribution is 0.177. The maximum Gasteiger partial charge on any atom is 0.156 e. The van der Waals surface area contributed by atoms with E-state index in [0.29, 0.717) is 18.3 Å². The molecule has 1 aromatic carbocycles. The van der Waals surface area contributed by atoms with E-state index in [1.165, 1.54) is 0 Å². The number of hydrogen-bond acceptors (Lipinski definition) is 7. The predicted molar refractivity (Wildman–Crippen MR) is 103 cm³/mol. The standard InChI is InChI=1S/C20H26N4O3/c1-26-14-19-21-16(15-6-11-27-13-15)12-20(22-19)24-9-7-23(8-10-24)17-4-2-3-5-18(17)25/h2-5,12,15,25H,6-11,13-14H2,1H3/t15-/m1/s1. The minimum absolute atomic E-state index is 0.332. The fraction of sp³-hybridized carbons (Fsp3) is 0.500. The normalized spacial score (nSPS) is 20.3. The molecule has 1 N–H and O–H groups in total. The summed E-state index contributed by atoms with van der Waals surface area (Å²) in [6, 6.07) is 9.61. The van der Waals surface area contributed by atoms with Gasteiger partial charge in [0.05, 0.1) is 18.0 Å². The highest BCUT2D eigenvalue weighted by atomic mass is 16.5. The highest BCUT2D eigenvalue weighted by molar-refractivity contribution is 5.58. The average Bonchev–Trinajstić information content (AvgIpc) is 3.24. The Morgan fingerprint density at radius 1 is 1.15 bits per heavy atom. The van der Waals surface area contributed by atoms with Crippen LogP contribution in [0.2, 0.25) is 0 Å². The Morgan fingerprint density at radius 3 is 2.63 bits per heavy atom. The number of hydrogen-bond donors (Lipinski definition) is 1. The molecule has 2 fully saturated rings. The molecule has 27 heavy (non-hydrogen) atoms. The van der Waals surface area contributed by atoms with Crippen LogP contribution in [0.3, 0.4) is 0 Å². The van der Waals surface area contributed by atoms with E-state index < -0.39 is 0 Å². The first-order chi connectivity index (χ1) is 13.2. The SMILES string of the molecule is COCc1nc([C@@H]2CCOC2)cc(N2CCN(c3ccccc3O)CC2)n1. The van der Waals surface area contributed by atoms with Crippen LogP contribution in [0.5, 0.6) is 5.75 Å². The number of benzene rings is 1. The van der Waals surface area contributed by atoms with Crippen molar-refractivity contribution >= 4 is 11.5 Å². The minimum atomic E-state index is 0.332. The van der Waals surface area contributed by atoms with Gasteiger partial charge in [-0.25, -0.2) is 9.97 Å². The topological polar surface area (TPSA) is 71.0 Å². The molecule has 4 rings (SSSR count). The van der Waals surface area contributed by atoms with Gasteiger partial charge in [0.2, 0.25) is 0 Å². The summed E-state index contributed by atoms with van der Waals surface area (Å²) >= 11 is 0. The zero-order chi connectivity index (χ0) is 18.6. The first-order valence-electron chi connectivity index (χ1n) is 9.47. The smallest absolute Gasteiger partial charge is 0.156 e. The second-order valence-corrected chi connectivity index (χ2v) is 7.02. The predicted octanol–water partition coefficient (Wildman–Crippen LogP) is 2.16. The summed E-state index contributed by atoms with van der Waals surface area (Å²) in [6.07, 6.45) is 1.00. The molecule has 0 radical (unpaired) electrons. The van der Waals surface area contributed by atoms with Crippen molar-refractivity contribution in [2.75, 3.05) is 56.3 Å². The molecule has 7 heteroatoms. The van der Waals surface area contributed by atoms with Crippen LogP contribution in [0.1, 0.15) is 23.9 Å². The van der Waals surface area contributed by atoms with Gasteiger partial charge in [-0.15, -0.1) is 0 Å². The second-order valence-electron chi connectivity index (χ2n) is 7.02. The Hall–Kier alpha value is -2.38. The summed E-state index contributed by atoms with van der Waals surface area (Å²) in [7, 11) is 1.67. The maximum atomic E-state index is 10.1. The number of para-hydroxylation sites is 2. The van der Waals surface area contributed by atoms with E-state index >= 15 is 0 Å². The highest BCUT2D eigenvalue weighted by Gasteiger charge is 2.24. The number of nitrogens with zero attached hydrogens (tertiary/aromatic N) is 4. The Kier molecular flexibility index (Phi) is 5.40. The van der Waals surface area contributed by atoms with E-state index in [1.54, 1.807) is 13.2 Å². The molecule has 2 aliphatic heterocycles. The van der Waals surface area contributed by atoms with Gasteiger partial charge < -0.3 is 24.4 Å². The van der Waals surface area contributed by atoms with E-state index in [2.05, 4.69) is 20.9 Å². The minimum Gasteiger partial charge on any atom is -0.506 e. The highest BCUT2D eigenvalue weighted by Crippen LogP contribution is 2.29. The fourth-order valence-corrected chi connectivity index (χ4v) is 3.74. The zero-order valence-corrected chi connectivity index (χ0v) is 15.7. The number of aromatic nitrogens is 2. The maximum absolute atomic E-state index is 10.1. The van der Waals surface area contributed by atoms with Crippen molar-refractivity contribution in [3.8, 4) is 5.75 Å². The first-order valence-corrected chi connectivity index (χ1v) is 9.47. The van der Waals surface area contributed by atoms with Crippen LogP contribution < -0.4 is 9.80 Å². The number of ether oxygens (including phenoxy) is 2. The molecule has 2 aromatic rings. The number of rotatable bonds is 5. The van der Waals surface area contributed by atoms with Gasteiger partial charge >= 0.3 is 0 Å². The number of methoxy groups -OCH3 is 1. The van der Waals surface area contributed by atoms with Crippen molar-refractivity contribution in [3.05, 3.63) is 41.9 Å². The molecule has 0 spiro atoms. The van der Waals surface area contributed by atoms with Crippen LogP contribution in [0.25, 0.3) is 0 Å². The lowest BCUT2D eigenvalue weighted by atomic mass is 10.0. The third-order valence-electron chi connectivity index (χ3n) is 5.23. The van der Waals surface area contributed by atoms with E-state index in [0.717, 1.165) is 68.8 Å². The summed E-state index contributed by atoms with van der Waals surface area (Å²) in [4.78, 5) is 13.9. The molecule has 0 amide bonds. The average molecular weight is 370 g/mol. The van der Waals surface area contributed by atoms with Gasteiger partial charge in [-0.3, -0.25) is 0 Å². The summed E-state index contributed by atoms with van der Waals surface area (Å²) in [5.41, 5.74) is 1.94. The molecule has 1 atom stereocenters. The van der Waals surface area contributed by atoms with Crippen molar-refractivity contribution in [3.63, 3.8) is 0 Å². The fourth-order valence-electron chi connectivity index (χ4n) is 3.74. The lowest BCUT2D eigenvalue weighted by Gasteiger charge is -2.37. The van der Waals surface area contributed by atoms with Crippen molar-refractivity contribution in [2.24, 2.45) is 0 Å². The van der Waals surface area contributed by atoms with Gasteiger partial charge in [0.1, 0.15) is 18.2 Å². The number of piperazine rings is 1. The number of aromatic hydroxyl groups is 1. The number of phenols is 1. The Balaban J connectivity index is 1.51. The summed E-state index contributed by atoms with van der Waals surface area (Å²) in [5.74, 6) is 2.35.